The molecule has 0 radical (unpaired) electrons. The fourth-order valence-corrected chi connectivity index (χ4v) is 8.50. The number of hydrogen-bond donors (Lipinski definition) is 1. The molecule has 0 saturated heterocycles. The molecule has 1 N–H and O–H groups in total. The SMILES string of the molecule is N#Cc1cccc(C#N)c1-c1c(-c2cccc(-c3ccc(C(=O)O)cc3Cl)c2)n(S(=O)(=O)C2CCC(F)(F)CC2)c2ccc(F)cc12. The second-order valence-corrected chi connectivity index (χ2v) is 13.8. The van der Waals surface area contributed by atoms with E-state index >= 15 is 0 Å². The van der Waals surface area contributed by atoms with Gasteiger partial charge in [0.05, 0.1) is 45.3 Å². The quantitative estimate of drug-likeness (QED) is 0.192. The van der Waals surface area contributed by atoms with Crippen molar-refractivity contribution in [3.05, 3.63) is 106 Å². The maximum atomic E-state index is 15.0. The maximum Gasteiger partial charge on any atom is 0.335 e. The van der Waals surface area contributed by atoms with Crippen LogP contribution < -0.4 is 0 Å². The van der Waals surface area contributed by atoms with Gasteiger partial charge in [0.1, 0.15) is 5.82 Å². The van der Waals surface area contributed by atoms with Crippen LogP contribution in [0.2, 0.25) is 5.02 Å². The predicted octanol–water partition coefficient (Wildman–Crippen LogP) is 8.63. The number of nitrogens with zero attached hydrogens (tertiary/aromatic N) is 3. The first kappa shape index (κ1) is 31.9. The fraction of sp³-hybridized carbons (Fsp3) is 0.171. The Morgan fingerprint density at radius 1 is 0.894 bits per heavy atom. The van der Waals surface area contributed by atoms with Crippen molar-refractivity contribution < 1.29 is 31.5 Å². The van der Waals surface area contributed by atoms with Gasteiger partial charge in [-0.3, -0.25) is 0 Å². The standard InChI is InChI=1S/C35H23ClF3N3O4S/c36-29-16-22(34(43)44)7-9-27(29)20-3-1-4-21(15-20)33-32(31-23(18-40)5-2-6-24(31)19-41)28-17-25(37)8-10-30(28)42(33)47(45,46)26-11-13-35(38,39)14-12-26/h1-10,15-17,26H,11-14H2,(H,43,44). The number of fused-ring (bicyclic) bond motifs is 1. The van der Waals surface area contributed by atoms with Gasteiger partial charge in [-0.25, -0.2) is 30.4 Å². The fourth-order valence-electron chi connectivity index (χ4n) is 6.20. The van der Waals surface area contributed by atoms with Crippen LogP contribution in [0.4, 0.5) is 13.2 Å². The number of alkyl halides is 2. The summed E-state index contributed by atoms with van der Waals surface area (Å²) in [6.45, 7) is 0. The van der Waals surface area contributed by atoms with Gasteiger partial charge in [-0.15, -0.1) is 0 Å². The number of carboxylic acids is 1. The third-order valence-electron chi connectivity index (χ3n) is 8.44. The Labute approximate surface area is 272 Å². The summed E-state index contributed by atoms with van der Waals surface area (Å²) in [5.41, 5.74) is 1.43. The van der Waals surface area contributed by atoms with Crippen LogP contribution in [0.1, 0.15) is 47.2 Å². The summed E-state index contributed by atoms with van der Waals surface area (Å²) < 4.78 is 73.5. The van der Waals surface area contributed by atoms with E-state index in [1.165, 1.54) is 42.5 Å². The van der Waals surface area contributed by atoms with Gasteiger partial charge in [-0.2, -0.15) is 10.5 Å². The Balaban J connectivity index is 1.72. The maximum absolute atomic E-state index is 15.0. The molecule has 1 saturated carbocycles. The number of carboxylic acid groups (broad SMARTS) is 1. The van der Waals surface area contributed by atoms with Crippen LogP contribution >= 0.6 is 11.6 Å². The van der Waals surface area contributed by atoms with E-state index in [0.29, 0.717) is 11.1 Å². The molecule has 6 rings (SSSR count). The zero-order chi connectivity index (χ0) is 33.7. The Kier molecular flexibility index (Phi) is 8.08. The molecule has 0 spiro atoms. The van der Waals surface area contributed by atoms with E-state index in [1.54, 1.807) is 24.3 Å². The molecule has 0 bridgehead atoms. The molecule has 0 amide bonds. The van der Waals surface area contributed by atoms with Gasteiger partial charge in [0, 0.05) is 45.5 Å². The van der Waals surface area contributed by atoms with Crippen LogP contribution in [0, 0.1) is 28.5 Å². The molecule has 1 heterocycles. The summed E-state index contributed by atoms with van der Waals surface area (Å²) in [7, 11) is -4.45. The highest BCUT2D eigenvalue weighted by molar-refractivity contribution is 7.90. The van der Waals surface area contributed by atoms with Crippen LogP contribution in [0.25, 0.3) is 44.4 Å². The van der Waals surface area contributed by atoms with Crippen molar-refractivity contribution in [1.29, 1.82) is 10.5 Å². The summed E-state index contributed by atoms with van der Waals surface area (Å²) >= 11 is 6.48. The van der Waals surface area contributed by atoms with Gasteiger partial charge in [0.25, 0.3) is 0 Å². The van der Waals surface area contributed by atoms with Crippen LogP contribution in [-0.4, -0.2) is 34.6 Å². The lowest BCUT2D eigenvalue weighted by atomic mass is 9.90. The average Bonchev–Trinajstić information content (AvgIpc) is 3.38. The Morgan fingerprint density at radius 2 is 1.53 bits per heavy atom. The second-order valence-electron chi connectivity index (χ2n) is 11.3. The van der Waals surface area contributed by atoms with Gasteiger partial charge in [-0.1, -0.05) is 41.9 Å². The van der Waals surface area contributed by atoms with Crippen LogP contribution in [0.5, 0.6) is 0 Å². The summed E-state index contributed by atoms with van der Waals surface area (Å²) in [4.78, 5) is 11.5. The Bertz CT molecular complexity index is 2260. The van der Waals surface area contributed by atoms with Gasteiger partial charge in [-0.05, 0) is 66.9 Å². The first-order valence-corrected chi connectivity index (χ1v) is 16.3. The zero-order valence-electron chi connectivity index (χ0n) is 24.3. The predicted molar refractivity (Wildman–Crippen MR) is 171 cm³/mol. The highest BCUT2D eigenvalue weighted by atomic mass is 35.5. The first-order valence-electron chi connectivity index (χ1n) is 14.4. The molecule has 1 fully saturated rings. The average molecular weight is 674 g/mol. The Morgan fingerprint density at radius 3 is 2.15 bits per heavy atom. The van der Waals surface area contributed by atoms with Crippen molar-refractivity contribution >= 4 is 38.5 Å². The first-order chi connectivity index (χ1) is 22.4. The smallest absolute Gasteiger partial charge is 0.335 e. The molecule has 5 aromatic rings. The lowest BCUT2D eigenvalue weighted by molar-refractivity contribution is -0.0329. The number of rotatable bonds is 6. The van der Waals surface area contributed by atoms with Crippen LogP contribution in [0.15, 0.2) is 78.9 Å². The van der Waals surface area contributed by atoms with E-state index in [2.05, 4.69) is 12.1 Å². The molecule has 236 valence electrons. The number of carbonyl (C=O) groups is 1. The molecule has 0 aliphatic heterocycles. The van der Waals surface area contributed by atoms with Crippen molar-refractivity contribution in [3.8, 4) is 45.6 Å². The highest BCUT2D eigenvalue weighted by Crippen LogP contribution is 2.47. The molecule has 7 nitrogen and oxygen atoms in total. The number of hydrogen-bond acceptors (Lipinski definition) is 5. The molecule has 1 aromatic heterocycles. The van der Waals surface area contributed by atoms with Crippen molar-refractivity contribution in [2.45, 2.75) is 36.9 Å². The van der Waals surface area contributed by atoms with Crippen LogP contribution in [-0.2, 0) is 10.0 Å². The molecular weight excluding hydrogens is 651 g/mol. The van der Waals surface area contributed by atoms with E-state index in [1.807, 2.05) is 0 Å². The van der Waals surface area contributed by atoms with Crippen molar-refractivity contribution in [3.63, 3.8) is 0 Å². The normalized spacial score (nSPS) is 14.9. The van der Waals surface area contributed by atoms with E-state index < -0.39 is 45.8 Å². The second kappa shape index (κ2) is 11.9. The molecule has 47 heavy (non-hydrogen) atoms. The van der Waals surface area contributed by atoms with E-state index in [4.69, 9.17) is 11.6 Å². The Hall–Kier alpha value is -5.10. The third kappa shape index (κ3) is 5.62. The molecule has 12 heteroatoms. The molecule has 0 atom stereocenters. The van der Waals surface area contributed by atoms with Gasteiger partial charge in [0.15, 0.2) is 0 Å². The summed E-state index contributed by atoms with van der Waals surface area (Å²) in [5, 5.41) is 28.6. The van der Waals surface area contributed by atoms with E-state index in [-0.39, 0.29) is 67.8 Å². The molecule has 1 aliphatic rings. The lowest BCUT2D eigenvalue weighted by Gasteiger charge is -2.29. The number of aromatic nitrogens is 1. The third-order valence-corrected chi connectivity index (χ3v) is 11.0. The molecule has 0 unspecified atom stereocenters. The highest BCUT2D eigenvalue weighted by Gasteiger charge is 2.42. The minimum atomic E-state index is -4.45. The topological polar surface area (TPSA) is 124 Å². The number of benzene rings is 4. The molecule has 4 aromatic carbocycles. The zero-order valence-corrected chi connectivity index (χ0v) is 25.9. The number of aromatic carboxylic acids is 1. The monoisotopic (exact) mass is 673 g/mol. The largest absolute Gasteiger partial charge is 0.478 e. The van der Waals surface area contributed by atoms with Gasteiger partial charge < -0.3 is 5.11 Å². The van der Waals surface area contributed by atoms with E-state index in [9.17, 15) is 42.0 Å². The molecule has 1 aliphatic carbocycles. The van der Waals surface area contributed by atoms with E-state index in [0.717, 1.165) is 16.1 Å². The van der Waals surface area contributed by atoms with Gasteiger partial charge in [0.2, 0.25) is 15.9 Å². The van der Waals surface area contributed by atoms with Crippen LogP contribution in [0.3, 0.4) is 0 Å². The van der Waals surface area contributed by atoms with Crippen molar-refractivity contribution in [2.24, 2.45) is 0 Å². The minimum absolute atomic E-state index is 0.00209. The summed E-state index contributed by atoms with van der Waals surface area (Å²) in [6.07, 6.45) is -1.87. The summed E-state index contributed by atoms with van der Waals surface area (Å²) in [5.74, 6) is -4.88. The minimum Gasteiger partial charge on any atom is -0.478 e. The molecular formula is C35H23ClF3N3O4S. The van der Waals surface area contributed by atoms with Gasteiger partial charge >= 0.3 is 5.97 Å². The summed E-state index contributed by atoms with van der Waals surface area (Å²) in [6, 6.07) is 22.7. The lowest BCUT2D eigenvalue weighted by Crippen LogP contribution is -2.35. The van der Waals surface area contributed by atoms with Crippen molar-refractivity contribution in [1.82, 2.24) is 3.97 Å². The number of nitriles is 2. The van der Waals surface area contributed by atoms with Crippen molar-refractivity contribution in [2.75, 3.05) is 0 Å². The number of halogens is 4.